The zero-order valence-electron chi connectivity index (χ0n) is 16.9. The maximum Gasteiger partial charge on any atom is 0.289 e. The quantitative estimate of drug-likeness (QED) is 0.824. The molecule has 2 aromatic rings. The van der Waals surface area contributed by atoms with Gasteiger partial charge in [-0.15, -0.1) is 0 Å². The Morgan fingerprint density at radius 2 is 1.83 bits per heavy atom. The summed E-state index contributed by atoms with van der Waals surface area (Å²) in [6, 6.07) is 3.74. The van der Waals surface area contributed by atoms with Crippen LogP contribution < -0.4 is 5.32 Å². The van der Waals surface area contributed by atoms with Crippen molar-refractivity contribution in [3.05, 3.63) is 47.3 Å². The number of amides is 2. The minimum absolute atomic E-state index is 0.0583. The van der Waals surface area contributed by atoms with Crippen LogP contribution in [0.4, 0.5) is 0 Å². The van der Waals surface area contributed by atoms with Crippen molar-refractivity contribution in [1.29, 1.82) is 0 Å². The van der Waals surface area contributed by atoms with E-state index in [1.54, 1.807) is 12.4 Å². The van der Waals surface area contributed by atoms with E-state index in [0.717, 1.165) is 56.7 Å². The van der Waals surface area contributed by atoms with Gasteiger partial charge in [0.2, 0.25) is 0 Å². The van der Waals surface area contributed by atoms with Gasteiger partial charge in [-0.2, -0.15) is 0 Å². The molecule has 0 atom stereocenters. The largest absolute Gasteiger partial charge is 0.347 e. The standard InChI is InChI=1S/C21H28N6O2/c1-2-25-11-13-26(14-12-25)21(29)19-24-18(17-5-3-4-10-27(17)19)20(28)23-15-16-6-8-22-9-7-16/h6-9H,2-5,10-15H2,1H3,(H,23,28). The van der Waals surface area contributed by atoms with Gasteiger partial charge in [0.25, 0.3) is 11.8 Å². The van der Waals surface area contributed by atoms with E-state index in [1.165, 1.54) is 0 Å². The highest BCUT2D eigenvalue weighted by atomic mass is 16.2. The van der Waals surface area contributed by atoms with Crippen molar-refractivity contribution >= 4 is 11.8 Å². The number of carbonyl (C=O) groups is 2. The third kappa shape index (κ3) is 4.17. The van der Waals surface area contributed by atoms with Crippen LogP contribution in [0.5, 0.6) is 0 Å². The molecule has 29 heavy (non-hydrogen) atoms. The zero-order chi connectivity index (χ0) is 20.2. The second-order valence-electron chi connectivity index (χ2n) is 7.60. The van der Waals surface area contributed by atoms with E-state index in [0.29, 0.717) is 31.2 Å². The van der Waals surface area contributed by atoms with Crippen molar-refractivity contribution in [2.45, 2.75) is 39.3 Å². The van der Waals surface area contributed by atoms with Gasteiger partial charge >= 0.3 is 0 Å². The highest BCUT2D eigenvalue weighted by Gasteiger charge is 2.31. The smallest absolute Gasteiger partial charge is 0.289 e. The van der Waals surface area contributed by atoms with Crippen LogP contribution in [0, 0.1) is 0 Å². The number of carbonyl (C=O) groups excluding carboxylic acids is 2. The Hall–Kier alpha value is -2.74. The fourth-order valence-corrected chi connectivity index (χ4v) is 4.06. The molecule has 2 aliphatic heterocycles. The predicted octanol–water partition coefficient (Wildman–Crippen LogP) is 1.32. The average molecular weight is 396 g/mol. The molecule has 8 heteroatoms. The normalized spacial score (nSPS) is 17.1. The van der Waals surface area contributed by atoms with E-state index < -0.39 is 0 Å². The molecule has 0 aliphatic carbocycles. The number of nitrogens with one attached hydrogen (secondary N) is 1. The van der Waals surface area contributed by atoms with Gasteiger partial charge in [0.1, 0.15) is 5.69 Å². The van der Waals surface area contributed by atoms with Gasteiger partial charge < -0.3 is 19.7 Å². The van der Waals surface area contributed by atoms with Gasteiger partial charge in [0, 0.05) is 51.7 Å². The summed E-state index contributed by atoms with van der Waals surface area (Å²) in [7, 11) is 0. The molecule has 154 valence electrons. The monoisotopic (exact) mass is 396 g/mol. The minimum Gasteiger partial charge on any atom is -0.347 e. The number of hydrogen-bond donors (Lipinski definition) is 1. The third-order valence-corrected chi connectivity index (χ3v) is 5.83. The molecule has 4 heterocycles. The highest BCUT2D eigenvalue weighted by Crippen LogP contribution is 2.22. The molecule has 1 fully saturated rings. The van der Waals surface area contributed by atoms with Crippen LogP contribution in [-0.4, -0.2) is 68.9 Å². The lowest BCUT2D eigenvalue weighted by atomic mass is 10.1. The van der Waals surface area contributed by atoms with E-state index in [2.05, 4.69) is 27.1 Å². The summed E-state index contributed by atoms with van der Waals surface area (Å²) in [6.45, 7) is 7.48. The lowest BCUT2D eigenvalue weighted by molar-refractivity contribution is 0.0625. The molecule has 2 aliphatic rings. The second kappa shape index (κ2) is 8.73. The lowest BCUT2D eigenvalue weighted by Gasteiger charge is -2.34. The molecule has 0 radical (unpaired) electrons. The molecule has 2 aromatic heterocycles. The van der Waals surface area contributed by atoms with Crippen molar-refractivity contribution in [3.8, 4) is 0 Å². The van der Waals surface area contributed by atoms with E-state index in [-0.39, 0.29) is 11.8 Å². The number of rotatable bonds is 5. The summed E-state index contributed by atoms with van der Waals surface area (Å²) in [5.41, 5.74) is 2.26. The van der Waals surface area contributed by atoms with E-state index in [9.17, 15) is 9.59 Å². The number of aromatic nitrogens is 3. The Kier molecular flexibility index (Phi) is 5.89. The molecule has 0 spiro atoms. The average Bonchev–Trinajstić information content (AvgIpc) is 3.17. The minimum atomic E-state index is -0.220. The van der Waals surface area contributed by atoms with Crippen molar-refractivity contribution in [2.24, 2.45) is 0 Å². The first-order chi connectivity index (χ1) is 14.2. The first kappa shape index (κ1) is 19.6. The molecule has 1 saturated heterocycles. The molecule has 2 amide bonds. The van der Waals surface area contributed by atoms with E-state index in [4.69, 9.17) is 0 Å². The van der Waals surface area contributed by atoms with Crippen LogP contribution in [-0.2, 0) is 19.5 Å². The predicted molar refractivity (Wildman–Crippen MR) is 109 cm³/mol. The fraction of sp³-hybridized carbons (Fsp3) is 0.524. The highest BCUT2D eigenvalue weighted by molar-refractivity contribution is 5.97. The lowest BCUT2D eigenvalue weighted by Crippen LogP contribution is -2.49. The molecular weight excluding hydrogens is 368 g/mol. The summed E-state index contributed by atoms with van der Waals surface area (Å²) in [6.07, 6.45) is 6.20. The maximum absolute atomic E-state index is 13.2. The van der Waals surface area contributed by atoms with E-state index in [1.807, 2.05) is 21.6 Å². The summed E-state index contributed by atoms with van der Waals surface area (Å²) < 4.78 is 1.97. The van der Waals surface area contributed by atoms with Crippen LogP contribution in [0.25, 0.3) is 0 Å². The first-order valence-electron chi connectivity index (χ1n) is 10.5. The molecule has 0 saturated carbocycles. The Balaban J connectivity index is 1.52. The second-order valence-corrected chi connectivity index (χ2v) is 7.60. The molecule has 8 nitrogen and oxygen atoms in total. The number of imidazole rings is 1. The fourth-order valence-electron chi connectivity index (χ4n) is 4.06. The van der Waals surface area contributed by atoms with Gasteiger partial charge in [0.15, 0.2) is 5.82 Å². The van der Waals surface area contributed by atoms with Crippen LogP contribution in [0.3, 0.4) is 0 Å². The molecule has 1 N–H and O–H groups in total. The Bertz CT molecular complexity index is 871. The molecule has 0 bridgehead atoms. The number of nitrogens with zero attached hydrogens (tertiary/aromatic N) is 5. The van der Waals surface area contributed by atoms with Gasteiger partial charge in [-0.1, -0.05) is 6.92 Å². The number of pyridine rings is 1. The van der Waals surface area contributed by atoms with Crippen molar-refractivity contribution in [2.75, 3.05) is 32.7 Å². The van der Waals surface area contributed by atoms with Crippen molar-refractivity contribution in [1.82, 2.24) is 29.7 Å². The van der Waals surface area contributed by atoms with Crippen LogP contribution in [0.15, 0.2) is 24.5 Å². The van der Waals surface area contributed by atoms with Gasteiger partial charge in [0.05, 0.1) is 5.69 Å². The summed E-state index contributed by atoms with van der Waals surface area (Å²) in [5, 5.41) is 2.94. The van der Waals surface area contributed by atoms with Gasteiger partial charge in [-0.05, 0) is 43.5 Å². The number of likely N-dealkylation sites (N-methyl/N-ethyl adjacent to an activating group) is 1. The molecule has 0 unspecified atom stereocenters. The SMILES string of the molecule is CCN1CCN(C(=O)c2nc(C(=O)NCc3ccncc3)c3n2CCCC3)CC1. The Morgan fingerprint density at radius 1 is 1.07 bits per heavy atom. The van der Waals surface area contributed by atoms with Crippen LogP contribution in [0.2, 0.25) is 0 Å². The zero-order valence-corrected chi connectivity index (χ0v) is 16.9. The number of hydrogen-bond acceptors (Lipinski definition) is 5. The van der Waals surface area contributed by atoms with E-state index >= 15 is 0 Å². The number of piperazine rings is 1. The maximum atomic E-state index is 13.2. The van der Waals surface area contributed by atoms with Gasteiger partial charge in [-0.3, -0.25) is 14.6 Å². The Morgan fingerprint density at radius 3 is 2.55 bits per heavy atom. The summed E-state index contributed by atoms with van der Waals surface area (Å²) in [5.74, 6) is 0.137. The Labute approximate surface area is 170 Å². The van der Waals surface area contributed by atoms with Crippen molar-refractivity contribution < 1.29 is 9.59 Å². The van der Waals surface area contributed by atoms with Crippen LogP contribution >= 0.6 is 0 Å². The van der Waals surface area contributed by atoms with Crippen LogP contribution in [0.1, 0.15) is 52.1 Å². The topological polar surface area (TPSA) is 83.4 Å². The van der Waals surface area contributed by atoms with Gasteiger partial charge in [-0.25, -0.2) is 4.98 Å². The molecular formula is C21H28N6O2. The number of fused-ring (bicyclic) bond motifs is 1. The summed E-state index contributed by atoms with van der Waals surface area (Å²) >= 11 is 0. The first-order valence-corrected chi connectivity index (χ1v) is 10.5. The third-order valence-electron chi connectivity index (χ3n) is 5.83. The van der Waals surface area contributed by atoms with Crippen molar-refractivity contribution in [3.63, 3.8) is 0 Å². The summed E-state index contributed by atoms with van der Waals surface area (Å²) in [4.78, 5) is 38.8. The molecule has 0 aromatic carbocycles. The molecule has 4 rings (SSSR count).